The summed E-state index contributed by atoms with van der Waals surface area (Å²) in [6.07, 6.45) is 5.56. The van der Waals surface area contributed by atoms with Crippen LogP contribution in [-0.2, 0) is 11.8 Å². The zero-order valence-corrected chi connectivity index (χ0v) is 15.0. The molecule has 2 aromatic rings. The third kappa shape index (κ3) is 3.19. The van der Waals surface area contributed by atoms with Gasteiger partial charge in [-0.15, -0.1) is 0 Å². The number of carbonyl (C=O) groups is 1. The van der Waals surface area contributed by atoms with E-state index in [4.69, 9.17) is 0 Å². The summed E-state index contributed by atoms with van der Waals surface area (Å²) in [4.78, 5) is 23.7. The van der Waals surface area contributed by atoms with Crippen LogP contribution < -0.4 is 9.80 Å². The fourth-order valence-electron chi connectivity index (χ4n) is 3.99. The summed E-state index contributed by atoms with van der Waals surface area (Å²) in [5, 5.41) is 0. The molecule has 2 aliphatic heterocycles. The number of hydrogen-bond donors (Lipinski definition) is 0. The van der Waals surface area contributed by atoms with Crippen molar-refractivity contribution in [2.24, 2.45) is 7.05 Å². The number of halogens is 1. The molecule has 1 amide bonds. The van der Waals surface area contributed by atoms with Crippen molar-refractivity contribution in [1.82, 2.24) is 14.5 Å². The second-order valence-corrected chi connectivity index (χ2v) is 6.99. The van der Waals surface area contributed by atoms with E-state index in [1.54, 1.807) is 11.0 Å². The molecule has 0 radical (unpaired) electrons. The second kappa shape index (κ2) is 7.07. The smallest absolute Gasteiger partial charge is 0.244 e. The second-order valence-electron chi connectivity index (χ2n) is 6.99. The van der Waals surface area contributed by atoms with E-state index in [0.717, 1.165) is 45.0 Å². The van der Waals surface area contributed by atoms with Gasteiger partial charge in [-0.2, -0.15) is 0 Å². The van der Waals surface area contributed by atoms with Crippen molar-refractivity contribution >= 4 is 17.5 Å². The number of benzene rings is 1. The first-order valence-electron chi connectivity index (χ1n) is 9.17. The molecule has 2 fully saturated rings. The monoisotopic (exact) mass is 357 g/mol. The first-order chi connectivity index (χ1) is 12.6. The Hall–Kier alpha value is -2.41. The summed E-state index contributed by atoms with van der Waals surface area (Å²) in [6, 6.07) is 6.21. The van der Waals surface area contributed by atoms with E-state index in [1.807, 2.05) is 30.1 Å². The van der Waals surface area contributed by atoms with Crippen LogP contribution in [0.25, 0.3) is 0 Å². The molecule has 0 bridgehead atoms. The third-order valence-corrected chi connectivity index (χ3v) is 5.36. The Morgan fingerprint density at radius 1 is 1.15 bits per heavy atom. The summed E-state index contributed by atoms with van der Waals surface area (Å²) < 4.78 is 15.6. The lowest BCUT2D eigenvalue weighted by molar-refractivity contribution is -0.125. The average molecular weight is 357 g/mol. The molecule has 1 atom stereocenters. The van der Waals surface area contributed by atoms with E-state index in [1.165, 1.54) is 12.1 Å². The molecule has 138 valence electrons. The molecule has 26 heavy (non-hydrogen) atoms. The zero-order chi connectivity index (χ0) is 18.1. The van der Waals surface area contributed by atoms with Gasteiger partial charge in [-0.05, 0) is 31.0 Å². The molecule has 0 aliphatic carbocycles. The lowest BCUT2D eigenvalue weighted by Crippen LogP contribution is -2.58. The molecule has 7 heteroatoms. The van der Waals surface area contributed by atoms with Gasteiger partial charge in [0, 0.05) is 57.9 Å². The van der Waals surface area contributed by atoms with Gasteiger partial charge in [0.15, 0.2) is 0 Å². The van der Waals surface area contributed by atoms with Crippen molar-refractivity contribution in [3.05, 3.63) is 42.5 Å². The topological polar surface area (TPSA) is 44.6 Å². The number of nitrogens with zero attached hydrogens (tertiary/aromatic N) is 5. The van der Waals surface area contributed by atoms with Crippen molar-refractivity contribution < 1.29 is 9.18 Å². The van der Waals surface area contributed by atoms with Crippen LogP contribution in [0.4, 0.5) is 16.0 Å². The molecule has 0 spiro atoms. The molecule has 6 nitrogen and oxygen atoms in total. The summed E-state index contributed by atoms with van der Waals surface area (Å²) in [7, 11) is 2.00. The predicted octanol–water partition coefficient (Wildman–Crippen LogP) is 1.88. The number of piperidine rings is 1. The number of piperazine rings is 1. The maximum Gasteiger partial charge on any atom is 0.244 e. The van der Waals surface area contributed by atoms with Crippen molar-refractivity contribution in [3.63, 3.8) is 0 Å². The highest BCUT2D eigenvalue weighted by molar-refractivity contribution is 5.97. The van der Waals surface area contributed by atoms with E-state index in [-0.39, 0.29) is 17.8 Å². The molecule has 3 heterocycles. The average Bonchev–Trinajstić information content (AvgIpc) is 3.08. The highest BCUT2D eigenvalue weighted by Gasteiger charge is 2.35. The van der Waals surface area contributed by atoms with Crippen molar-refractivity contribution in [1.29, 1.82) is 0 Å². The Morgan fingerprint density at radius 2 is 1.96 bits per heavy atom. The Balaban J connectivity index is 1.43. The Labute approximate surface area is 152 Å². The Morgan fingerprint density at radius 3 is 2.65 bits per heavy atom. The molecular formula is C19H24FN5O. The van der Waals surface area contributed by atoms with Gasteiger partial charge in [0.1, 0.15) is 5.82 Å². The van der Waals surface area contributed by atoms with Crippen molar-refractivity contribution in [2.45, 2.75) is 18.9 Å². The molecule has 1 aromatic heterocycles. The van der Waals surface area contributed by atoms with E-state index in [2.05, 4.69) is 14.8 Å². The van der Waals surface area contributed by atoms with Crippen LogP contribution in [0.1, 0.15) is 12.8 Å². The van der Waals surface area contributed by atoms with Crippen LogP contribution in [0.2, 0.25) is 0 Å². The highest BCUT2D eigenvalue weighted by Crippen LogP contribution is 2.25. The lowest BCUT2D eigenvalue weighted by Gasteiger charge is -2.42. The number of hydrogen-bond acceptors (Lipinski definition) is 4. The zero-order valence-electron chi connectivity index (χ0n) is 15.0. The Kier molecular flexibility index (Phi) is 4.63. The lowest BCUT2D eigenvalue weighted by atomic mass is 10.0. The molecule has 2 saturated heterocycles. The summed E-state index contributed by atoms with van der Waals surface area (Å²) >= 11 is 0. The van der Waals surface area contributed by atoms with E-state index in [0.29, 0.717) is 12.2 Å². The molecule has 0 saturated carbocycles. The Bertz CT molecular complexity index is 784. The molecular weight excluding hydrogens is 333 g/mol. The molecule has 1 unspecified atom stereocenters. The van der Waals surface area contributed by atoms with Crippen molar-refractivity contribution in [2.75, 3.05) is 42.5 Å². The van der Waals surface area contributed by atoms with Gasteiger partial charge in [-0.1, -0.05) is 6.07 Å². The van der Waals surface area contributed by atoms with E-state index >= 15 is 0 Å². The van der Waals surface area contributed by atoms with Crippen LogP contribution in [-0.4, -0.2) is 59.1 Å². The van der Waals surface area contributed by atoms with Gasteiger partial charge in [0.2, 0.25) is 11.9 Å². The van der Waals surface area contributed by atoms with Crippen LogP contribution in [0.15, 0.2) is 36.7 Å². The third-order valence-electron chi connectivity index (χ3n) is 5.36. The van der Waals surface area contributed by atoms with Gasteiger partial charge in [0.25, 0.3) is 0 Å². The minimum Gasteiger partial charge on any atom is -0.340 e. The predicted molar refractivity (Wildman–Crippen MR) is 98.8 cm³/mol. The fraction of sp³-hybridized carbons (Fsp3) is 0.474. The first kappa shape index (κ1) is 17.0. The standard InChI is InChI=1S/C19H24FN5O/c1-22-9-7-21-19(22)24-12-10-23(11-13-24)17-6-3-8-25(18(17)26)16-5-2-4-15(20)14-16/h2,4-5,7,9,14,17H,3,6,8,10-13H2,1H3. The maximum atomic E-state index is 13.5. The number of imidazole rings is 1. The number of rotatable bonds is 3. The van der Waals surface area contributed by atoms with Gasteiger partial charge >= 0.3 is 0 Å². The quantitative estimate of drug-likeness (QED) is 0.841. The van der Waals surface area contributed by atoms with Gasteiger partial charge in [-0.25, -0.2) is 9.37 Å². The number of carbonyl (C=O) groups excluding carboxylic acids is 1. The molecule has 4 rings (SSSR count). The maximum absolute atomic E-state index is 13.5. The molecule has 0 N–H and O–H groups in total. The number of aryl methyl sites for hydroxylation is 1. The number of aromatic nitrogens is 2. The van der Waals surface area contributed by atoms with Crippen molar-refractivity contribution in [3.8, 4) is 0 Å². The van der Waals surface area contributed by atoms with E-state index < -0.39 is 0 Å². The van der Waals surface area contributed by atoms with Crippen LogP contribution in [0, 0.1) is 5.82 Å². The number of anilines is 2. The summed E-state index contributed by atoms with van der Waals surface area (Å²) in [6.45, 7) is 4.04. The summed E-state index contributed by atoms with van der Waals surface area (Å²) in [5.41, 5.74) is 0.659. The molecule has 2 aliphatic rings. The largest absolute Gasteiger partial charge is 0.340 e. The van der Waals surface area contributed by atoms with Crippen LogP contribution in [0.5, 0.6) is 0 Å². The van der Waals surface area contributed by atoms with Crippen LogP contribution in [0.3, 0.4) is 0 Å². The van der Waals surface area contributed by atoms with Crippen LogP contribution >= 0.6 is 0 Å². The van der Waals surface area contributed by atoms with Gasteiger partial charge < -0.3 is 14.4 Å². The highest BCUT2D eigenvalue weighted by atomic mass is 19.1. The first-order valence-corrected chi connectivity index (χ1v) is 9.17. The summed E-state index contributed by atoms with van der Waals surface area (Å²) in [5.74, 6) is 0.759. The van der Waals surface area contributed by atoms with E-state index in [9.17, 15) is 9.18 Å². The SMILES string of the molecule is Cn1ccnc1N1CCN(C2CCCN(c3cccc(F)c3)C2=O)CC1. The van der Waals surface area contributed by atoms with Gasteiger partial charge in [-0.3, -0.25) is 9.69 Å². The normalized spacial score (nSPS) is 22.1. The van der Waals surface area contributed by atoms with Gasteiger partial charge in [0.05, 0.1) is 6.04 Å². The fourth-order valence-corrected chi connectivity index (χ4v) is 3.99. The molecule has 1 aromatic carbocycles. The minimum atomic E-state index is -0.305. The number of amides is 1. The minimum absolute atomic E-state index is 0.0901.